The van der Waals surface area contributed by atoms with Gasteiger partial charge in [0.1, 0.15) is 5.69 Å². The van der Waals surface area contributed by atoms with Crippen molar-refractivity contribution in [2.45, 2.75) is 6.42 Å². The monoisotopic (exact) mass is 462 g/mol. The molecule has 4 rings (SSSR count). The normalized spacial score (nSPS) is 14.2. The second-order valence-corrected chi connectivity index (χ2v) is 8.18. The smallest absolute Gasteiger partial charge is 0.257 e. The fourth-order valence-electron chi connectivity index (χ4n) is 3.94. The van der Waals surface area contributed by atoms with Crippen molar-refractivity contribution >= 4 is 11.8 Å². The van der Waals surface area contributed by atoms with Gasteiger partial charge in [0.2, 0.25) is 5.91 Å². The summed E-state index contributed by atoms with van der Waals surface area (Å²) in [5, 5.41) is 7.63. The first kappa shape index (κ1) is 23.6. The van der Waals surface area contributed by atoms with E-state index >= 15 is 0 Å². The third-order valence-electron chi connectivity index (χ3n) is 5.77. The lowest BCUT2D eigenvalue weighted by Crippen LogP contribution is -2.51. The fourth-order valence-corrected chi connectivity index (χ4v) is 3.94. The quantitative estimate of drug-likeness (QED) is 0.488. The van der Waals surface area contributed by atoms with E-state index in [9.17, 15) is 9.59 Å². The molecule has 1 fully saturated rings. The average molecular weight is 463 g/mol. The lowest BCUT2D eigenvalue weighted by molar-refractivity contribution is -0.122. The Balaban J connectivity index is 1.43. The third-order valence-corrected chi connectivity index (χ3v) is 5.77. The van der Waals surface area contributed by atoms with Crippen LogP contribution in [0.1, 0.15) is 16.8 Å². The maximum absolute atomic E-state index is 13.5. The van der Waals surface area contributed by atoms with Crippen molar-refractivity contribution in [1.82, 2.24) is 29.9 Å². The van der Waals surface area contributed by atoms with Gasteiger partial charge < -0.3 is 15.0 Å². The molecule has 1 aromatic carbocycles. The number of benzene rings is 1. The van der Waals surface area contributed by atoms with Gasteiger partial charge in [-0.15, -0.1) is 0 Å². The molecule has 2 aromatic heterocycles. The van der Waals surface area contributed by atoms with Crippen LogP contribution in [-0.2, 0) is 9.53 Å². The van der Waals surface area contributed by atoms with Gasteiger partial charge in [0.15, 0.2) is 0 Å². The van der Waals surface area contributed by atoms with Crippen molar-refractivity contribution in [3.05, 3.63) is 66.6 Å². The minimum absolute atomic E-state index is 0.00104. The van der Waals surface area contributed by atoms with Gasteiger partial charge >= 0.3 is 0 Å². The molecule has 9 nitrogen and oxygen atoms in total. The summed E-state index contributed by atoms with van der Waals surface area (Å²) in [5.74, 6) is -0.0661. The van der Waals surface area contributed by atoms with Crippen molar-refractivity contribution < 1.29 is 14.3 Å². The highest BCUT2D eigenvalue weighted by atomic mass is 16.5. The van der Waals surface area contributed by atoms with Gasteiger partial charge in [0, 0.05) is 70.6 Å². The van der Waals surface area contributed by atoms with Gasteiger partial charge in [-0.2, -0.15) is 5.10 Å². The standard InChI is InChI=1S/C25H30N6O3/c1-34-16-6-11-27-23(32)19-29-12-14-30(15-13-29)25(33)22-18-31(21-8-3-2-4-9-21)28-24(22)20-7-5-10-26-17-20/h2-5,7-10,17-18H,6,11-16,19H2,1H3,(H,27,32). The summed E-state index contributed by atoms with van der Waals surface area (Å²) in [6.07, 6.45) is 6.00. The minimum Gasteiger partial charge on any atom is -0.385 e. The second kappa shape index (κ2) is 11.5. The lowest BCUT2D eigenvalue weighted by Gasteiger charge is -2.34. The third kappa shape index (κ3) is 5.86. The highest BCUT2D eigenvalue weighted by Crippen LogP contribution is 2.25. The number of hydrogen-bond acceptors (Lipinski definition) is 6. The Morgan fingerprint density at radius 1 is 1.06 bits per heavy atom. The second-order valence-electron chi connectivity index (χ2n) is 8.18. The van der Waals surface area contributed by atoms with E-state index in [1.165, 1.54) is 0 Å². The van der Waals surface area contributed by atoms with E-state index in [-0.39, 0.29) is 11.8 Å². The Morgan fingerprint density at radius 2 is 1.85 bits per heavy atom. The zero-order valence-electron chi connectivity index (χ0n) is 19.4. The number of piperazine rings is 1. The number of nitrogens with one attached hydrogen (secondary N) is 1. The number of carbonyl (C=O) groups excluding carboxylic acids is 2. The van der Waals surface area contributed by atoms with Gasteiger partial charge in [0.05, 0.1) is 17.8 Å². The first-order chi connectivity index (χ1) is 16.7. The Labute approximate surface area is 199 Å². The summed E-state index contributed by atoms with van der Waals surface area (Å²) < 4.78 is 6.73. The van der Waals surface area contributed by atoms with Crippen LogP contribution < -0.4 is 5.32 Å². The molecule has 0 saturated carbocycles. The van der Waals surface area contributed by atoms with Crippen LogP contribution in [0.5, 0.6) is 0 Å². The van der Waals surface area contributed by atoms with Crippen molar-refractivity contribution in [2.75, 3.05) is 53.0 Å². The molecule has 3 aromatic rings. The van der Waals surface area contributed by atoms with Crippen LogP contribution in [0, 0.1) is 0 Å². The first-order valence-corrected chi connectivity index (χ1v) is 11.5. The van der Waals surface area contributed by atoms with Crippen LogP contribution in [0.4, 0.5) is 0 Å². The first-order valence-electron chi connectivity index (χ1n) is 11.5. The van der Waals surface area contributed by atoms with E-state index < -0.39 is 0 Å². The van der Waals surface area contributed by atoms with Crippen LogP contribution in [0.15, 0.2) is 61.1 Å². The summed E-state index contributed by atoms with van der Waals surface area (Å²) in [6.45, 7) is 3.97. The maximum Gasteiger partial charge on any atom is 0.257 e. The number of ether oxygens (including phenoxy) is 1. The SMILES string of the molecule is COCCCNC(=O)CN1CCN(C(=O)c2cn(-c3ccccc3)nc2-c2cccnc2)CC1. The molecule has 178 valence electrons. The Hall–Kier alpha value is -3.56. The molecule has 0 bridgehead atoms. The van der Waals surface area contributed by atoms with E-state index in [0.717, 1.165) is 17.7 Å². The summed E-state index contributed by atoms with van der Waals surface area (Å²) >= 11 is 0. The highest BCUT2D eigenvalue weighted by Gasteiger charge is 2.27. The van der Waals surface area contributed by atoms with Crippen molar-refractivity contribution in [2.24, 2.45) is 0 Å². The molecule has 2 amide bonds. The molecule has 1 aliphatic heterocycles. The Morgan fingerprint density at radius 3 is 2.56 bits per heavy atom. The molecule has 0 unspecified atom stereocenters. The van der Waals surface area contributed by atoms with Crippen LogP contribution in [0.25, 0.3) is 16.9 Å². The Bertz CT molecular complexity index is 1080. The summed E-state index contributed by atoms with van der Waals surface area (Å²) in [6, 6.07) is 13.5. The van der Waals surface area contributed by atoms with Gasteiger partial charge in [-0.25, -0.2) is 4.68 Å². The molecule has 34 heavy (non-hydrogen) atoms. The Kier molecular flexibility index (Phi) is 8.00. The van der Waals surface area contributed by atoms with E-state index in [1.54, 1.807) is 30.4 Å². The van der Waals surface area contributed by atoms with Crippen LogP contribution in [0.3, 0.4) is 0 Å². The molecular weight excluding hydrogens is 432 g/mol. The van der Waals surface area contributed by atoms with E-state index in [1.807, 2.05) is 47.4 Å². The molecule has 1 N–H and O–H groups in total. The molecule has 3 heterocycles. The summed E-state index contributed by atoms with van der Waals surface area (Å²) in [7, 11) is 1.65. The number of amides is 2. The number of para-hydroxylation sites is 1. The molecular formula is C25H30N6O3. The number of hydrogen-bond donors (Lipinski definition) is 1. The van der Waals surface area contributed by atoms with E-state index in [2.05, 4.69) is 15.2 Å². The minimum atomic E-state index is -0.0651. The molecule has 1 saturated heterocycles. The number of aromatic nitrogens is 3. The highest BCUT2D eigenvalue weighted by molar-refractivity contribution is 6.00. The van der Waals surface area contributed by atoms with Crippen LogP contribution in [0.2, 0.25) is 0 Å². The van der Waals surface area contributed by atoms with E-state index in [4.69, 9.17) is 9.84 Å². The molecule has 0 radical (unpaired) electrons. The topological polar surface area (TPSA) is 92.6 Å². The van der Waals surface area contributed by atoms with E-state index in [0.29, 0.717) is 57.1 Å². The van der Waals surface area contributed by atoms with Gasteiger partial charge in [-0.05, 0) is 30.7 Å². The number of pyridine rings is 1. The number of carbonyl (C=O) groups is 2. The maximum atomic E-state index is 13.5. The number of nitrogens with zero attached hydrogens (tertiary/aromatic N) is 5. The van der Waals surface area contributed by atoms with Crippen molar-refractivity contribution in [3.8, 4) is 16.9 Å². The van der Waals surface area contributed by atoms with Gasteiger partial charge in [-0.1, -0.05) is 18.2 Å². The summed E-state index contributed by atoms with van der Waals surface area (Å²) in [5.41, 5.74) is 2.83. The molecule has 0 aliphatic carbocycles. The van der Waals surface area contributed by atoms with Crippen LogP contribution >= 0.6 is 0 Å². The van der Waals surface area contributed by atoms with Crippen molar-refractivity contribution in [3.63, 3.8) is 0 Å². The largest absolute Gasteiger partial charge is 0.385 e. The zero-order chi connectivity index (χ0) is 23.8. The molecule has 9 heteroatoms. The summed E-state index contributed by atoms with van der Waals surface area (Å²) in [4.78, 5) is 33.8. The van der Waals surface area contributed by atoms with Crippen molar-refractivity contribution in [1.29, 1.82) is 0 Å². The fraction of sp³-hybridized carbons (Fsp3) is 0.360. The van der Waals surface area contributed by atoms with Gasteiger partial charge in [0.25, 0.3) is 5.91 Å². The number of methoxy groups -OCH3 is 1. The number of rotatable bonds is 9. The zero-order valence-corrected chi connectivity index (χ0v) is 19.4. The molecule has 0 atom stereocenters. The molecule has 1 aliphatic rings. The van der Waals surface area contributed by atoms with Gasteiger partial charge in [-0.3, -0.25) is 19.5 Å². The van der Waals surface area contributed by atoms with Crippen LogP contribution in [-0.4, -0.2) is 89.4 Å². The predicted octanol–water partition coefficient (Wildman–Crippen LogP) is 1.84. The molecule has 0 spiro atoms. The average Bonchev–Trinajstić information content (AvgIpc) is 3.33. The predicted molar refractivity (Wildman–Crippen MR) is 129 cm³/mol. The lowest BCUT2D eigenvalue weighted by atomic mass is 10.1.